The molecule has 180 valence electrons. The highest BCUT2D eigenvalue weighted by Crippen LogP contribution is 2.37. The van der Waals surface area contributed by atoms with Crippen molar-refractivity contribution in [2.75, 3.05) is 0 Å². The molecule has 2 aromatic heterocycles. The zero-order chi connectivity index (χ0) is 25.0. The van der Waals surface area contributed by atoms with E-state index in [9.17, 15) is 0 Å². The number of rotatable bonds is 7. The Kier molecular flexibility index (Phi) is 6.36. The average molecular weight is 501 g/mol. The number of aromatic nitrogens is 2. The smallest absolute Gasteiger partial charge is 0.177 e. The minimum absolute atomic E-state index is 0.755. The van der Waals surface area contributed by atoms with Crippen LogP contribution in [0, 0.1) is 6.92 Å². The SMILES string of the molecule is Cc1cccc(-c2cn(OSc3ccccc3)c3ncc(-c4ccccc4Oc4ccccc4)cc23)c1. The summed E-state index contributed by atoms with van der Waals surface area (Å²) in [5.74, 6) is 1.57. The van der Waals surface area contributed by atoms with Crippen LogP contribution in [0.25, 0.3) is 33.3 Å². The summed E-state index contributed by atoms with van der Waals surface area (Å²) in [4.78, 5) is 5.87. The lowest BCUT2D eigenvalue weighted by molar-refractivity contribution is 0.338. The van der Waals surface area contributed by atoms with E-state index in [1.54, 1.807) is 4.73 Å². The molecule has 2 heterocycles. The van der Waals surface area contributed by atoms with E-state index >= 15 is 0 Å². The Morgan fingerprint density at radius 2 is 1.46 bits per heavy atom. The third-order valence-corrected chi connectivity index (χ3v) is 6.77. The highest BCUT2D eigenvalue weighted by molar-refractivity contribution is 7.94. The van der Waals surface area contributed by atoms with E-state index in [0.29, 0.717) is 0 Å². The van der Waals surface area contributed by atoms with Crippen molar-refractivity contribution >= 4 is 23.1 Å². The highest BCUT2D eigenvalue weighted by Gasteiger charge is 2.16. The van der Waals surface area contributed by atoms with Crippen LogP contribution in [0.3, 0.4) is 0 Å². The van der Waals surface area contributed by atoms with Gasteiger partial charge < -0.3 is 9.02 Å². The van der Waals surface area contributed by atoms with E-state index in [2.05, 4.69) is 43.3 Å². The third-order valence-electron chi connectivity index (χ3n) is 6.07. The Morgan fingerprint density at radius 1 is 0.703 bits per heavy atom. The second kappa shape index (κ2) is 10.2. The molecule has 0 fully saturated rings. The van der Waals surface area contributed by atoms with Gasteiger partial charge in [-0.25, -0.2) is 4.98 Å². The number of hydrogen-bond donors (Lipinski definition) is 0. The van der Waals surface area contributed by atoms with Gasteiger partial charge in [0.2, 0.25) is 0 Å². The molecule has 0 amide bonds. The van der Waals surface area contributed by atoms with Gasteiger partial charge in [-0.2, -0.15) is 4.73 Å². The molecule has 5 heteroatoms. The summed E-state index contributed by atoms with van der Waals surface area (Å²) >= 11 is 1.31. The van der Waals surface area contributed by atoms with E-state index in [4.69, 9.17) is 14.0 Å². The maximum Gasteiger partial charge on any atom is 0.177 e. The summed E-state index contributed by atoms with van der Waals surface area (Å²) in [7, 11) is 0. The quantitative estimate of drug-likeness (QED) is 0.206. The van der Waals surface area contributed by atoms with Crippen LogP contribution >= 0.6 is 12.0 Å². The summed E-state index contributed by atoms with van der Waals surface area (Å²) in [6, 6.07) is 38.6. The molecule has 0 bridgehead atoms. The molecular weight excluding hydrogens is 476 g/mol. The van der Waals surface area contributed by atoms with E-state index in [-0.39, 0.29) is 0 Å². The summed E-state index contributed by atoms with van der Waals surface area (Å²) in [6.07, 6.45) is 3.89. The van der Waals surface area contributed by atoms with Crippen LogP contribution in [-0.4, -0.2) is 9.71 Å². The number of benzene rings is 4. The average Bonchev–Trinajstić information content (AvgIpc) is 3.31. The van der Waals surface area contributed by atoms with Crippen molar-refractivity contribution in [3.05, 3.63) is 133 Å². The molecule has 6 aromatic rings. The van der Waals surface area contributed by atoms with Crippen LogP contribution in [-0.2, 0) is 0 Å². The van der Waals surface area contributed by atoms with Crippen LogP contribution in [0.1, 0.15) is 5.56 Å². The zero-order valence-electron chi connectivity index (χ0n) is 20.2. The lowest BCUT2D eigenvalue weighted by Crippen LogP contribution is -2.02. The van der Waals surface area contributed by atoms with Gasteiger partial charge in [-0.05, 0) is 48.9 Å². The number of nitrogens with zero attached hydrogens (tertiary/aromatic N) is 2. The first kappa shape index (κ1) is 23.0. The van der Waals surface area contributed by atoms with Crippen molar-refractivity contribution in [2.45, 2.75) is 11.8 Å². The van der Waals surface area contributed by atoms with E-state index in [1.807, 2.05) is 91.3 Å². The van der Waals surface area contributed by atoms with Gasteiger partial charge in [-0.3, -0.25) is 0 Å². The van der Waals surface area contributed by atoms with Gasteiger partial charge in [-0.15, -0.1) is 0 Å². The monoisotopic (exact) mass is 500 g/mol. The summed E-state index contributed by atoms with van der Waals surface area (Å²) in [5, 5.41) is 1.01. The minimum atomic E-state index is 0.755. The molecule has 0 aliphatic rings. The lowest BCUT2D eigenvalue weighted by Gasteiger charge is -2.12. The van der Waals surface area contributed by atoms with Gasteiger partial charge >= 0.3 is 0 Å². The number of fused-ring (bicyclic) bond motifs is 1. The van der Waals surface area contributed by atoms with Crippen molar-refractivity contribution < 1.29 is 9.02 Å². The molecule has 4 aromatic carbocycles. The fourth-order valence-corrected chi connectivity index (χ4v) is 4.84. The fourth-order valence-electron chi connectivity index (χ4n) is 4.29. The number of pyridine rings is 1. The molecule has 37 heavy (non-hydrogen) atoms. The number of para-hydroxylation sites is 2. The van der Waals surface area contributed by atoms with Crippen molar-refractivity contribution in [1.82, 2.24) is 9.71 Å². The standard InChI is InChI=1S/C32H24N2O2S/c1-23-11-10-12-24(19-23)30-22-34(36-37-27-15-6-3-7-16-27)32-29(30)20-25(21-33-32)28-17-8-9-18-31(28)35-26-13-4-2-5-14-26/h2-22H,1H3. The predicted molar refractivity (Wildman–Crippen MR) is 151 cm³/mol. The molecule has 4 nitrogen and oxygen atoms in total. The van der Waals surface area contributed by atoms with Gasteiger partial charge in [0, 0.05) is 28.3 Å². The third kappa shape index (κ3) is 4.95. The second-order valence-electron chi connectivity index (χ2n) is 8.72. The first-order chi connectivity index (χ1) is 18.2. The molecule has 0 saturated heterocycles. The van der Waals surface area contributed by atoms with Crippen LogP contribution < -0.4 is 9.02 Å². The van der Waals surface area contributed by atoms with E-state index < -0.39 is 0 Å². The first-order valence-corrected chi connectivity index (χ1v) is 12.8. The highest BCUT2D eigenvalue weighted by atomic mass is 32.2. The van der Waals surface area contributed by atoms with Gasteiger partial charge in [-0.1, -0.05) is 84.4 Å². The van der Waals surface area contributed by atoms with Gasteiger partial charge in [0.15, 0.2) is 5.65 Å². The van der Waals surface area contributed by atoms with Crippen LogP contribution in [0.4, 0.5) is 0 Å². The van der Waals surface area contributed by atoms with Gasteiger partial charge in [0.1, 0.15) is 23.5 Å². The van der Waals surface area contributed by atoms with Crippen molar-refractivity contribution in [3.63, 3.8) is 0 Å². The Balaban J connectivity index is 1.44. The molecule has 0 radical (unpaired) electrons. The summed E-state index contributed by atoms with van der Waals surface area (Å²) < 4.78 is 14.1. The fraction of sp³-hybridized carbons (Fsp3) is 0.0312. The minimum Gasteiger partial charge on any atom is -0.457 e. The van der Waals surface area contributed by atoms with Gasteiger partial charge in [0.05, 0.1) is 11.1 Å². The van der Waals surface area contributed by atoms with Gasteiger partial charge in [0.25, 0.3) is 0 Å². The van der Waals surface area contributed by atoms with E-state index in [1.165, 1.54) is 17.6 Å². The van der Waals surface area contributed by atoms with Crippen molar-refractivity contribution in [3.8, 4) is 33.8 Å². The Morgan fingerprint density at radius 3 is 2.27 bits per heavy atom. The normalized spacial score (nSPS) is 10.9. The maximum absolute atomic E-state index is 6.24. The Hall–Kier alpha value is -4.48. The lowest BCUT2D eigenvalue weighted by atomic mass is 10.0. The molecule has 0 saturated carbocycles. The van der Waals surface area contributed by atoms with Crippen LogP contribution in [0.5, 0.6) is 11.5 Å². The molecule has 0 spiro atoms. The number of hydrogen-bond acceptors (Lipinski definition) is 4. The van der Waals surface area contributed by atoms with E-state index in [0.717, 1.165) is 49.7 Å². The second-order valence-corrected chi connectivity index (χ2v) is 9.50. The van der Waals surface area contributed by atoms with Crippen LogP contribution in [0.2, 0.25) is 0 Å². The molecule has 0 aliphatic carbocycles. The maximum atomic E-state index is 6.24. The molecule has 0 aliphatic heterocycles. The molecule has 0 unspecified atom stereocenters. The largest absolute Gasteiger partial charge is 0.457 e. The zero-order valence-corrected chi connectivity index (χ0v) is 21.1. The van der Waals surface area contributed by atoms with Crippen molar-refractivity contribution in [1.29, 1.82) is 0 Å². The summed E-state index contributed by atoms with van der Waals surface area (Å²) in [6.45, 7) is 2.10. The van der Waals surface area contributed by atoms with Crippen LogP contribution in [0.15, 0.2) is 133 Å². The Labute approximate surface area is 220 Å². The predicted octanol–water partition coefficient (Wildman–Crippen LogP) is 8.61. The number of aryl methyl sites for hydroxylation is 1. The van der Waals surface area contributed by atoms with Crippen molar-refractivity contribution in [2.24, 2.45) is 0 Å². The molecular formula is C32H24N2O2S. The topological polar surface area (TPSA) is 36.3 Å². The Bertz CT molecular complexity index is 1660. The number of ether oxygens (including phenoxy) is 1. The molecule has 6 rings (SSSR count). The summed E-state index contributed by atoms with van der Waals surface area (Å²) in [5.41, 5.74) is 6.08. The first-order valence-electron chi connectivity index (χ1n) is 12.1. The molecule has 0 atom stereocenters. The molecule has 0 N–H and O–H groups in total.